The van der Waals surface area contributed by atoms with E-state index < -0.39 is 40.5 Å². The van der Waals surface area contributed by atoms with E-state index in [1.165, 1.54) is 0 Å². The molecule has 0 spiro atoms. The third kappa shape index (κ3) is 5.70. The molecule has 2 aliphatic rings. The Bertz CT molecular complexity index is 1060. The van der Waals surface area contributed by atoms with Gasteiger partial charge in [0.15, 0.2) is 11.4 Å². The Morgan fingerprint density at radius 3 is 2.66 bits per heavy atom. The van der Waals surface area contributed by atoms with Crippen LogP contribution in [-0.2, 0) is 43.8 Å². The summed E-state index contributed by atoms with van der Waals surface area (Å²) in [4.78, 5) is 73.8. The van der Waals surface area contributed by atoms with Gasteiger partial charge in [-0.05, 0) is 6.92 Å². The number of ether oxygens (including phenoxy) is 2. The lowest BCUT2D eigenvalue weighted by Crippen LogP contribution is -2.45. The fourth-order valence-electron chi connectivity index (χ4n) is 3.63. The first-order chi connectivity index (χ1) is 16.7. The maximum Gasteiger partial charge on any atom is 0.329 e. The third-order valence-corrected chi connectivity index (χ3v) is 6.91. The first-order valence-electron chi connectivity index (χ1n) is 10.7. The zero-order valence-corrected chi connectivity index (χ0v) is 20.0. The van der Waals surface area contributed by atoms with Gasteiger partial charge >= 0.3 is 5.97 Å². The lowest BCUT2D eigenvalue weighted by molar-refractivity contribution is -0.144. The predicted molar refractivity (Wildman–Crippen MR) is 124 cm³/mol. The van der Waals surface area contributed by atoms with Gasteiger partial charge in [0.25, 0.3) is 5.91 Å². The van der Waals surface area contributed by atoms with Crippen molar-refractivity contribution in [3.63, 3.8) is 0 Å². The van der Waals surface area contributed by atoms with Crippen LogP contribution in [-0.4, -0.2) is 78.0 Å². The number of imide groups is 1. The number of esters is 1. The fraction of sp³-hybridized carbons (Fsp3) is 0.391. The van der Waals surface area contributed by atoms with Gasteiger partial charge < -0.3 is 20.1 Å². The quantitative estimate of drug-likeness (QED) is 0.179. The number of ketones is 1. The number of hydrogen-bond donors (Lipinski definition) is 2. The molecule has 3 rings (SSSR count). The van der Waals surface area contributed by atoms with E-state index in [-0.39, 0.29) is 36.9 Å². The highest BCUT2D eigenvalue weighted by Gasteiger charge is 2.44. The predicted octanol–water partition coefficient (Wildman–Crippen LogP) is -0.350. The van der Waals surface area contributed by atoms with Gasteiger partial charge in [-0.25, -0.2) is 4.79 Å². The Morgan fingerprint density at radius 2 is 2.00 bits per heavy atom. The van der Waals surface area contributed by atoms with Crippen LogP contribution in [0.1, 0.15) is 18.9 Å². The Hall–Kier alpha value is -3.67. The zero-order chi connectivity index (χ0) is 25.6. The molecule has 1 aromatic carbocycles. The molecule has 3 unspecified atom stereocenters. The van der Waals surface area contributed by atoms with Crippen molar-refractivity contribution in [3.8, 4) is 0 Å². The SMILES string of the molecule is COC(=O)C(CSC1CC(=O)N(CCNC=O)C1=O)NC(=O)C1=CC(=O)C(C)(c2ccccc2)O1. The van der Waals surface area contributed by atoms with Crippen LogP contribution in [0.25, 0.3) is 0 Å². The number of thioether (sulfide) groups is 1. The van der Waals surface area contributed by atoms with E-state index in [9.17, 15) is 28.8 Å². The summed E-state index contributed by atoms with van der Waals surface area (Å²) in [5, 5.41) is 4.13. The summed E-state index contributed by atoms with van der Waals surface area (Å²) in [6.07, 6.45) is 1.49. The van der Waals surface area contributed by atoms with Crippen molar-refractivity contribution in [3.05, 3.63) is 47.7 Å². The maximum absolute atomic E-state index is 12.8. The molecule has 1 aromatic rings. The maximum atomic E-state index is 12.8. The van der Waals surface area contributed by atoms with Crippen molar-refractivity contribution < 1.29 is 38.2 Å². The van der Waals surface area contributed by atoms with Gasteiger partial charge in [0.1, 0.15) is 6.04 Å². The highest BCUT2D eigenvalue weighted by Crippen LogP contribution is 2.35. The van der Waals surface area contributed by atoms with Crippen LogP contribution in [0, 0.1) is 0 Å². The molecule has 12 heteroatoms. The van der Waals surface area contributed by atoms with Crippen LogP contribution in [0.5, 0.6) is 0 Å². The standard InChI is InChI=1S/C23H25N3O8S/c1-23(14-6-4-3-5-7-14)18(28)10-16(34-23)20(30)25-15(22(32)33-2)12-35-17-11-19(29)26(21(17)31)9-8-24-13-27/h3-7,10,13,15,17H,8-9,11-12H2,1-2H3,(H,24,27)(H,25,30). The molecular formula is C23H25N3O8S. The molecule has 0 radical (unpaired) electrons. The summed E-state index contributed by atoms with van der Waals surface area (Å²) >= 11 is 1.03. The molecule has 35 heavy (non-hydrogen) atoms. The second-order valence-corrected chi connectivity index (χ2v) is 9.14. The molecule has 1 fully saturated rings. The minimum atomic E-state index is -1.37. The minimum absolute atomic E-state index is 0.0460. The Balaban J connectivity index is 1.62. The topological polar surface area (TPSA) is 148 Å². The van der Waals surface area contributed by atoms with Crippen LogP contribution >= 0.6 is 11.8 Å². The van der Waals surface area contributed by atoms with Gasteiger partial charge in [-0.1, -0.05) is 30.3 Å². The molecule has 3 atom stereocenters. The number of nitrogens with zero attached hydrogens (tertiary/aromatic N) is 1. The van der Waals surface area contributed by atoms with Crippen LogP contribution in [0.4, 0.5) is 0 Å². The monoisotopic (exact) mass is 503 g/mol. The summed E-state index contributed by atoms with van der Waals surface area (Å²) in [6, 6.07) is 7.53. The molecule has 0 aliphatic carbocycles. The van der Waals surface area contributed by atoms with Gasteiger partial charge in [-0.3, -0.25) is 28.9 Å². The summed E-state index contributed by atoms with van der Waals surface area (Å²) in [6.45, 7) is 1.73. The molecule has 4 amide bonds. The van der Waals surface area contributed by atoms with E-state index in [0.29, 0.717) is 12.0 Å². The van der Waals surface area contributed by atoms with Crippen LogP contribution in [0.15, 0.2) is 42.2 Å². The van der Waals surface area contributed by atoms with Crippen LogP contribution in [0.3, 0.4) is 0 Å². The van der Waals surface area contributed by atoms with E-state index in [4.69, 9.17) is 9.47 Å². The molecule has 186 valence electrons. The number of carbonyl (C=O) groups is 6. The fourth-order valence-corrected chi connectivity index (χ4v) is 4.81. The minimum Gasteiger partial charge on any atom is -0.469 e. The van der Waals surface area contributed by atoms with E-state index in [1.807, 2.05) is 0 Å². The lowest BCUT2D eigenvalue weighted by atomic mass is 9.92. The molecule has 0 aromatic heterocycles. The lowest BCUT2D eigenvalue weighted by Gasteiger charge is -2.24. The number of hydrogen-bond acceptors (Lipinski definition) is 9. The molecule has 2 aliphatic heterocycles. The van der Waals surface area contributed by atoms with Crippen molar-refractivity contribution in [2.45, 2.75) is 30.2 Å². The van der Waals surface area contributed by atoms with Crippen molar-refractivity contribution in [2.75, 3.05) is 26.0 Å². The van der Waals surface area contributed by atoms with Gasteiger partial charge in [-0.2, -0.15) is 0 Å². The van der Waals surface area contributed by atoms with Crippen LogP contribution in [0.2, 0.25) is 0 Å². The van der Waals surface area contributed by atoms with Crippen molar-refractivity contribution in [1.82, 2.24) is 15.5 Å². The highest BCUT2D eigenvalue weighted by atomic mass is 32.2. The second kappa shape index (κ2) is 11.2. The first kappa shape index (κ1) is 25.9. The normalized spacial score (nSPS) is 22.3. The van der Waals surface area contributed by atoms with Crippen molar-refractivity contribution in [1.29, 1.82) is 0 Å². The number of methoxy groups -OCH3 is 1. The average molecular weight is 504 g/mol. The molecule has 0 saturated carbocycles. The summed E-state index contributed by atoms with van der Waals surface area (Å²) < 4.78 is 10.5. The smallest absolute Gasteiger partial charge is 0.329 e. The molecule has 2 heterocycles. The second-order valence-electron chi connectivity index (χ2n) is 7.91. The molecular weight excluding hydrogens is 478 g/mol. The van der Waals surface area contributed by atoms with E-state index in [0.717, 1.165) is 29.8 Å². The molecule has 0 bridgehead atoms. The summed E-state index contributed by atoms with van der Waals surface area (Å²) in [5.41, 5.74) is -0.802. The molecule has 1 saturated heterocycles. The van der Waals surface area contributed by atoms with Crippen molar-refractivity contribution >= 4 is 47.6 Å². The number of benzene rings is 1. The van der Waals surface area contributed by atoms with E-state index in [1.54, 1.807) is 37.3 Å². The Kier molecular flexibility index (Phi) is 8.28. The van der Waals surface area contributed by atoms with Gasteiger partial charge in [-0.15, -0.1) is 11.8 Å². The Morgan fingerprint density at radius 1 is 1.29 bits per heavy atom. The van der Waals surface area contributed by atoms with Crippen LogP contribution < -0.4 is 10.6 Å². The van der Waals surface area contributed by atoms with E-state index >= 15 is 0 Å². The van der Waals surface area contributed by atoms with E-state index in [2.05, 4.69) is 10.6 Å². The average Bonchev–Trinajstić information content (AvgIpc) is 3.32. The zero-order valence-electron chi connectivity index (χ0n) is 19.1. The van der Waals surface area contributed by atoms with Gasteiger partial charge in [0, 0.05) is 36.9 Å². The summed E-state index contributed by atoms with van der Waals surface area (Å²) in [5.74, 6) is -3.09. The molecule has 11 nitrogen and oxygen atoms in total. The highest BCUT2D eigenvalue weighted by molar-refractivity contribution is 8.00. The first-order valence-corrected chi connectivity index (χ1v) is 11.8. The number of rotatable bonds is 11. The van der Waals surface area contributed by atoms with Gasteiger partial charge in [0.05, 0.1) is 12.4 Å². The van der Waals surface area contributed by atoms with Crippen molar-refractivity contribution in [2.24, 2.45) is 0 Å². The number of nitrogens with one attached hydrogen (secondary N) is 2. The largest absolute Gasteiger partial charge is 0.469 e. The number of carbonyl (C=O) groups excluding carboxylic acids is 6. The van der Waals surface area contributed by atoms with Gasteiger partial charge in [0.2, 0.25) is 24.0 Å². The molecule has 2 N–H and O–H groups in total. The third-order valence-electron chi connectivity index (χ3n) is 5.62. The Labute approximate surface area is 205 Å². The number of likely N-dealkylation sites (tertiary alicyclic amines) is 1. The summed E-state index contributed by atoms with van der Waals surface area (Å²) in [7, 11) is 1.15. The number of amides is 4.